The van der Waals surface area contributed by atoms with E-state index in [1.165, 1.54) is 18.9 Å². The molecule has 19 heavy (non-hydrogen) atoms. The second-order valence-corrected chi connectivity index (χ2v) is 6.39. The summed E-state index contributed by atoms with van der Waals surface area (Å²) >= 11 is 0. The molecule has 7 nitrogen and oxygen atoms in total. The normalized spacial score (nSPS) is 11.6. The van der Waals surface area contributed by atoms with Gasteiger partial charge in [-0.1, -0.05) is 0 Å². The number of H-pyrrole nitrogens is 1. The third-order valence-electron chi connectivity index (χ3n) is 2.46. The maximum atomic E-state index is 12.1. The van der Waals surface area contributed by atoms with E-state index in [0.29, 0.717) is 19.8 Å². The van der Waals surface area contributed by atoms with E-state index in [0.717, 1.165) is 0 Å². The number of hydrogen-bond donors (Lipinski definition) is 1. The molecule has 1 amide bonds. The molecule has 1 N–H and O–H groups in total. The SMILES string of the molecule is CCOCCN(C)C(=O)c1n[nH]c(C)c1S(=O)(=O)Cl. The van der Waals surface area contributed by atoms with Crippen molar-refractivity contribution in [2.24, 2.45) is 0 Å². The van der Waals surface area contributed by atoms with Crippen LogP contribution in [0.25, 0.3) is 0 Å². The molecule has 0 saturated heterocycles. The van der Waals surface area contributed by atoms with E-state index in [2.05, 4.69) is 10.2 Å². The third-order valence-corrected chi connectivity index (χ3v) is 3.91. The lowest BCUT2D eigenvalue weighted by Gasteiger charge is -2.15. The van der Waals surface area contributed by atoms with E-state index in [1.54, 1.807) is 0 Å². The summed E-state index contributed by atoms with van der Waals surface area (Å²) < 4.78 is 28.0. The lowest BCUT2D eigenvalue weighted by molar-refractivity contribution is 0.0701. The van der Waals surface area contributed by atoms with Gasteiger partial charge in [0.1, 0.15) is 4.90 Å². The number of halogens is 1. The molecule has 1 rings (SSSR count). The van der Waals surface area contributed by atoms with Crippen molar-refractivity contribution in [3.05, 3.63) is 11.4 Å². The molecule has 1 aromatic rings. The van der Waals surface area contributed by atoms with Gasteiger partial charge in [0.2, 0.25) is 0 Å². The number of carbonyl (C=O) groups is 1. The Balaban J connectivity index is 2.95. The minimum atomic E-state index is -4.02. The van der Waals surface area contributed by atoms with Gasteiger partial charge in [-0.05, 0) is 13.8 Å². The molecule has 9 heteroatoms. The molecule has 0 aliphatic carbocycles. The molecular formula is C10H16ClN3O4S. The number of hydrogen-bond acceptors (Lipinski definition) is 5. The van der Waals surface area contributed by atoms with Crippen molar-refractivity contribution in [2.75, 3.05) is 26.8 Å². The van der Waals surface area contributed by atoms with Crippen molar-refractivity contribution >= 4 is 25.6 Å². The molecule has 0 fully saturated rings. The summed E-state index contributed by atoms with van der Waals surface area (Å²) in [7, 11) is 2.82. The highest BCUT2D eigenvalue weighted by Crippen LogP contribution is 2.22. The zero-order valence-corrected chi connectivity index (χ0v) is 12.5. The van der Waals surface area contributed by atoms with Crippen molar-refractivity contribution in [1.29, 1.82) is 0 Å². The Kier molecular flexibility index (Phi) is 5.33. The molecule has 0 aliphatic heterocycles. The first kappa shape index (κ1) is 15.9. The Morgan fingerprint density at radius 1 is 1.53 bits per heavy atom. The van der Waals surface area contributed by atoms with Crippen LogP contribution in [0.2, 0.25) is 0 Å². The summed E-state index contributed by atoms with van der Waals surface area (Å²) in [5.74, 6) is -0.525. The minimum absolute atomic E-state index is 0.202. The predicted octanol–water partition coefficient (Wildman–Crippen LogP) is 0.754. The van der Waals surface area contributed by atoms with Crippen LogP contribution in [0.15, 0.2) is 4.90 Å². The fraction of sp³-hybridized carbons (Fsp3) is 0.600. The van der Waals surface area contributed by atoms with E-state index < -0.39 is 15.0 Å². The van der Waals surface area contributed by atoms with Crippen molar-refractivity contribution < 1.29 is 17.9 Å². The van der Waals surface area contributed by atoms with Gasteiger partial charge in [0, 0.05) is 30.9 Å². The average Bonchev–Trinajstić information content (AvgIpc) is 2.70. The van der Waals surface area contributed by atoms with Gasteiger partial charge in [-0.15, -0.1) is 0 Å². The Hall–Kier alpha value is -1.12. The quantitative estimate of drug-likeness (QED) is 0.618. The first-order valence-corrected chi connectivity index (χ1v) is 7.92. The van der Waals surface area contributed by atoms with Gasteiger partial charge < -0.3 is 9.64 Å². The van der Waals surface area contributed by atoms with Gasteiger partial charge in [-0.2, -0.15) is 5.10 Å². The Morgan fingerprint density at radius 2 is 2.16 bits per heavy atom. The van der Waals surface area contributed by atoms with Crippen molar-refractivity contribution in [2.45, 2.75) is 18.7 Å². The molecule has 0 bridgehead atoms. The largest absolute Gasteiger partial charge is 0.380 e. The van der Waals surface area contributed by atoms with Crippen LogP contribution in [0.5, 0.6) is 0 Å². The zero-order valence-electron chi connectivity index (χ0n) is 10.9. The lowest BCUT2D eigenvalue weighted by Crippen LogP contribution is -2.31. The van der Waals surface area contributed by atoms with Crippen LogP contribution < -0.4 is 0 Å². The molecule has 0 atom stereocenters. The van der Waals surface area contributed by atoms with Gasteiger partial charge in [-0.25, -0.2) is 8.42 Å². The van der Waals surface area contributed by atoms with Gasteiger partial charge in [0.15, 0.2) is 5.69 Å². The van der Waals surface area contributed by atoms with E-state index in [9.17, 15) is 13.2 Å². The average molecular weight is 310 g/mol. The Bertz CT molecular complexity index is 555. The van der Waals surface area contributed by atoms with E-state index >= 15 is 0 Å². The van der Waals surface area contributed by atoms with Crippen LogP contribution in [0.3, 0.4) is 0 Å². The molecule has 0 aliphatic rings. The molecule has 0 saturated carbocycles. The molecule has 0 unspecified atom stereocenters. The Labute approximate surface area is 116 Å². The number of aromatic amines is 1. The standard InChI is InChI=1S/C10H16ClN3O4S/c1-4-18-6-5-14(3)10(15)8-9(19(11,16)17)7(2)12-13-8/h4-6H2,1-3H3,(H,12,13). The van der Waals surface area contributed by atoms with Crippen LogP contribution in [0.1, 0.15) is 23.1 Å². The summed E-state index contributed by atoms with van der Waals surface area (Å²) in [5, 5.41) is 6.17. The fourth-order valence-corrected chi connectivity index (χ4v) is 2.83. The highest BCUT2D eigenvalue weighted by molar-refractivity contribution is 8.13. The second-order valence-electron chi connectivity index (χ2n) is 3.89. The summed E-state index contributed by atoms with van der Waals surface area (Å²) in [5.41, 5.74) is 0.0306. The van der Waals surface area contributed by atoms with Crippen LogP contribution in [-0.4, -0.2) is 56.2 Å². The van der Waals surface area contributed by atoms with Crippen LogP contribution in [-0.2, 0) is 13.8 Å². The molecule has 0 aromatic carbocycles. The number of amides is 1. The highest BCUT2D eigenvalue weighted by Gasteiger charge is 2.28. The monoisotopic (exact) mass is 309 g/mol. The van der Waals surface area contributed by atoms with Crippen LogP contribution in [0.4, 0.5) is 0 Å². The van der Waals surface area contributed by atoms with Crippen molar-refractivity contribution in [3.63, 3.8) is 0 Å². The van der Waals surface area contributed by atoms with Gasteiger partial charge >= 0.3 is 0 Å². The number of likely N-dealkylation sites (N-methyl/N-ethyl adjacent to an activating group) is 1. The van der Waals surface area contributed by atoms with E-state index in [-0.39, 0.29) is 16.3 Å². The van der Waals surface area contributed by atoms with Crippen LogP contribution in [0, 0.1) is 6.92 Å². The molecule has 0 spiro atoms. The summed E-state index contributed by atoms with van der Waals surface area (Å²) in [6.07, 6.45) is 0. The number of nitrogens with zero attached hydrogens (tertiary/aromatic N) is 2. The van der Waals surface area contributed by atoms with Crippen LogP contribution >= 0.6 is 10.7 Å². The summed E-state index contributed by atoms with van der Waals surface area (Å²) in [6, 6.07) is 0. The first-order valence-electron chi connectivity index (χ1n) is 5.61. The zero-order chi connectivity index (χ0) is 14.6. The van der Waals surface area contributed by atoms with E-state index in [1.807, 2.05) is 6.92 Å². The number of rotatable bonds is 6. The van der Waals surface area contributed by atoms with Crippen molar-refractivity contribution in [1.82, 2.24) is 15.1 Å². The molecular weight excluding hydrogens is 294 g/mol. The van der Waals surface area contributed by atoms with Gasteiger partial charge in [-0.3, -0.25) is 9.89 Å². The minimum Gasteiger partial charge on any atom is -0.380 e. The smallest absolute Gasteiger partial charge is 0.275 e. The number of carbonyl (C=O) groups excluding carboxylic acids is 1. The first-order chi connectivity index (χ1) is 8.79. The molecule has 1 aromatic heterocycles. The Morgan fingerprint density at radius 3 is 2.68 bits per heavy atom. The van der Waals surface area contributed by atoms with Crippen molar-refractivity contribution in [3.8, 4) is 0 Å². The van der Waals surface area contributed by atoms with Gasteiger partial charge in [0.05, 0.1) is 12.3 Å². The summed E-state index contributed by atoms with van der Waals surface area (Å²) in [6.45, 7) is 4.58. The maximum absolute atomic E-state index is 12.1. The molecule has 0 radical (unpaired) electrons. The number of aryl methyl sites for hydroxylation is 1. The third kappa shape index (κ3) is 3.92. The second kappa shape index (κ2) is 6.36. The highest BCUT2D eigenvalue weighted by atomic mass is 35.7. The lowest BCUT2D eigenvalue weighted by atomic mass is 10.3. The number of ether oxygens (including phenoxy) is 1. The summed E-state index contributed by atoms with van der Waals surface area (Å²) in [4.78, 5) is 13.1. The number of aromatic nitrogens is 2. The molecule has 1 heterocycles. The van der Waals surface area contributed by atoms with Gasteiger partial charge in [0.25, 0.3) is 15.0 Å². The maximum Gasteiger partial charge on any atom is 0.275 e. The predicted molar refractivity (Wildman–Crippen MR) is 69.8 cm³/mol. The topological polar surface area (TPSA) is 92.4 Å². The number of nitrogens with one attached hydrogen (secondary N) is 1. The molecule has 108 valence electrons. The fourth-order valence-electron chi connectivity index (χ4n) is 1.49. The van der Waals surface area contributed by atoms with E-state index in [4.69, 9.17) is 15.4 Å².